The number of benzene rings is 2. The highest BCUT2D eigenvalue weighted by atomic mass is 16.2. The van der Waals surface area contributed by atoms with Crippen LogP contribution in [0.2, 0.25) is 0 Å². The van der Waals surface area contributed by atoms with E-state index in [-0.39, 0.29) is 0 Å². The van der Waals surface area contributed by atoms with Gasteiger partial charge in [0.2, 0.25) is 0 Å². The van der Waals surface area contributed by atoms with Crippen molar-refractivity contribution in [2.45, 2.75) is 26.2 Å². The van der Waals surface area contributed by atoms with E-state index in [9.17, 15) is 9.59 Å². The molecule has 0 unspecified atom stereocenters. The molecule has 6 heteroatoms. The lowest BCUT2D eigenvalue weighted by Crippen LogP contribution is -2.51. The van der Waals surface area contributed by atoms with Crippen molar-refractivity contribution in [3.63, 3.8) is 0 Å². The SMILES string of the molecule is Cc1cccc(N2CCN(C(=O)C(=O)Nc3ccc(N4CCCCC4)cc3)CC2)c1. The van der Waals surface area contributed by atoms with Crippen molar-refractivity contribution in [3.8, 4) is 0 Å². The van der Waals surface area contributed by atoms with Crippen molar-refractivity contribution >= 4 is 28.9 Å². The number of aryl methyl sites for hydroxylation is 1. The Balaban J connectivity index is 1.29. The second-order valence-corrected chi connectivity index (χ2v) is 8.17. The molecule has 2 amide bonds. The monoisotopic (exact) mass is 406 g/mol. The van der Waals surface area contributed by atoms with Gasteiger partial charge in [-0.05, 0) is 68.1 Å². The van der Waals surface area contributed by atoms with Crippen LogP contribution in [-0.4, -0.2) is 56.0 Å². The first-order valence-electron chi connectivity index (χ1n) is 10.9. The topological polar surface area (TPSA) is 55.9 Å². The smallest absolute Gasteiger partial charge is 0.313 e. The number of hydrogen-bond acceptors (Lipinski definition) is 4. The van der Waals surface area contributed by atoms with Crippen molar-refractivity contribution < 1.29 is 9.59 Å². The number of nitrogens with one attached hydrogen (secondary N) is 1. The molecule has 0 spiro atoms. The molecule has 30 heavy (non-hydrogen) atoms. The minimum Gasteiger partial charge on any atom is -0.372 e. The van der Waals surface area contributed by atoms with Crippen LogP contribution in [-0.2, 0) is 9.59 Å². The van der Waals surface area contributed by atoms with Crippen LogP contribution in [0.15, 0.2) is 48.5 Å². The highest BCUT2D eigenvalue weighted by Gasteiger charge is 2.26. The summed E-state index contributed by atoms with van der Waals surface area (Å²) in [4.78, 5) is 31.3. The van der Waals surface area contributed by atoms with Gasteiger partial charge in [-0.25, -0.2) is 0 Å². The number of rotatable bonds is 3. The third kappa shape index (κ3) is 4.75. The third-order valence-electron chi connectivity index (χ3n) is 5.97. The molecule has 158 valence electrons. The Hall–Kier alpha value is -3.02. The molecule has 0 atom stereocenters. The van der Waals surface area contributed by atoms with Crippen LogP contribution < -0.4 is 15.1 Å². The molecule has 1 N–H and O–H groups in total. The van der Waals surface area contributed by atoms with Gasteiger partial charge in [-0.1, -0.05) is 12.1 Å². The van der Waals surface area contributed by atoms with Crippen molar-refractivity contribution in [2.24, 2.45) is 0 Å². The molecule has 0 radical (unpaired) electrons. The predicted molar refractivity (Wildman–Crippen MR) is 121 cm³/mol. The number of piperazine rings is 1. The molecule has 2 fully saturated rings. The Morgan fingerprint density at radius 1 is 0.767 bits per heavy atom. The van der Waals surface area contributed by atoms with Gasteiger partial charge in [-0.3, -0.25) is 9.59 Å². The van der Waals surface area contributed by atoms with Crippen molar-refractivity contribution in [3.05, 3.63) is 54.1 Å². The van der Waals surface area contributed by atoms with Crippen LogP contribution in [0.25, 0.3) is 0 Å². The number of hydrogen-bond donors (Lipinski definition) is 1. The molecule has 4 rings (SSSR count). The fraction of sp³-hybridized carbons (Fsp3) is 0.417. The highest BCUT2D eigenvalue weighted by Crippen LogP contribution is 2.22. The van der Waals surface area contributed by atoms with Crippen LogP contribution in [0.4, 0.5) is 17.1 Å². The molecule has 2 aromatic carbocycles. The molecule has 6 nitrogen and oxygen atoms in total. The average molecular weight is 407 g/mol. The van der Waals surface area contributed by atoms with Gasteiger partial charge < -0.3 is 20.0 Å². The number of amides is 2. The van der Waals surface area contributed by atoms with E-state index in [4.69, 9.17) is 0 Å². The summed E-state index contributed by atoms with van der Waals surface area (Å²) in [6, 6.07) is 16.2. The molecule has 2 saturated heterocycles. The quantitative estimate of drug-likeness (QED) is 0.795. The fourth-order valence-corrected chi connectivity index (χ4v) is 4.23. The lowest BCUT2D eigenvalue weighted by molar-refractivity contribution is -0.143. The van der Waals surface area contributed by atoms with E-state index in [1.54, 1.807) is 4.90 Å². The molecule has 2 heterocycles. The summed E-state index contributed by atoms with van der Waals surface area (Å²) in [6.07, 6.45) is 3.75. The van der Waals surface area contributed by atoms with Gasteiger partial charge in [0.1, 0.15) is 0 Å². The Morgan fingerprint density at radius 2 is 1.43 bits per heavy atom. The first-order valence-corrected chi connectivity index (χ1v) is 10.9. The maximum absolute atomic E-state index is 12.6. The van der Waals surface area contributed by atoms with Crippen LogP contribution in [0.1, 0.15) is 24.8 Å². The maximum Gasteiger partial charge on any atom is 0.313 e. The largest absolute Gasteiger partial charge is 0.372 e. The summed E-state index contributed by atoms with van der Waals surface area (Å²) in [5.74, 6) is -1.02. The van der Waals surface area contributed by atoms with E-state index in [0.29, 0.717) is 18.8 Å². The van der Waals surface area contributed by atoms with Crippen LogP contribution in [0.3, 0.4) is 0 Å². The van der Waals surface area contributed by atoms with E-state index in [2.05, 4.69) is 40.2 Å². The first kappa shape index (κ1) is 20.3. The minimum atomic E-state index is -0.565. The molecular formula is C24H30N4O2. The van der Waals surface area contributed by atoms with E-state index in [1.165, 1.54) is 36.2 Å². The van der Waals surface area contributed by atoms with E-state index in [1.807, 2.05) is 30.3 Å². The van der Waals surface area contributed by atoms with Crippen molar-refractivity contribution in [1.29, 1.82) is 0 Å². The zero-order valence-corrected chi connectivity index (χ0v) is 17.6. The van der Waals surface area contributed by atoms with E-state index in [0.717, 1.165) is 26.2 Å². The number of nitrogens with zero attached hydrogens (tertiary/aromatic N) is 3. The molecule has 0 bridgehead atoms. The van der Waals surface area contributed by atoms with Crippen LogP contribution in [0, 0.1) is 6.92 Å². The standard InChI is InChI=1S/C24H30N4O2/c1-19-6-5-7-22(18-19)27-14-16-28(17-15-27)24(30)23(29)25-20-8-10-21(11-9-20)26-12-3-2-4-13-26/h5-11,18H,2-4,12-17H2,1H3,(H,25,29). The minimum absolute atomic E-state index is 0.459. The third-order valence-corrected chi connectivity index (χ3v) is 5.97. The first-order chi connectivity index (χ1) is 14.6. The summed E-state index contributed by atoms with van der Waals surface area (Å²) in [5.41, 5.74) is 4.22. The fourth-order valence-electron chi connectivity index (χ4n) is 4.23. The van der Waals surface area contributed by atoms with Crippen molar-refractivity contribution in [2.75, 3.05) is 54.4 Å². The van der Waals surface area contributed by atoms with Gasteiger partial charge in [-0.15, -0.1) is 0 Å². The Morgan fingerprint density at radius 3 is 2.10 bits per heavy atom. The second kappa shape index (κ2) is 9.20. The molecular weight excluding hydrogens is 376 g/mol. The lowest BCUT2D eigenvalue weighted by atomic mass is 10.1. The summed E-state index contributed by atoms with van der Waals surface area (Å²) < 4.78 is 0. The average Bonchev–Trinajstić information content (AvgIpc) is 2.80. The Bertz CT molecular complexity index is 882. The van der Waals surface area contributed by atoms with Crippen LogP contribution >= 0.6 is 0 Å². The number of carbonyl (C=O) groups excluding carboxylic acids is 2. The summed E-state index contributed by atoms with van der Waals surface area (Å²) in [7, 11) is 0. The zero-order valence-electron chi connectivity index (χ0n) is 17.6. The Kier molecular flexibility index (Phi) is 6.21. The summed E-state index contributed by atoms with van der Waals surface area (Å²) in [6.45, 7) is 6.80. The van der Waals surface area contributed by atoms with E-state index >= 15 is 0 Å². The van der Waals surface area contributed by atoms with Gasteiger partial charge >= 0.3 is 11.8 Å². The van der Waals surface area contributed by atoms with Gasteiger partial charge in [0.25, 0.3) is 0 Å². The van der Waals surface area contributed by atoms with Gasteiger partial charge in [0, 0.05) is 56.3 Å². The normalized spacial score (nSPS) is 17.0. The molecule has 0 saturated carbocycles. The maximum atomic E-state index is 12.6. The molecule has 2 aliphatic rings. The zero-order chi connectivity index (χ0) is 20.9. The summed E-state index contributed by atoms with van der Waals surface area (Å²) in [5, 5.41) is 2.76. The second-order valence-electron chi connectivity index (χ2n) is 8.17. The van der Waals surface area contributed by atoms with Crippen LogP contribution in [0.5, 0.6) is 0 Å². The van der Waals surface area contributed by atoms with Gasteiger partial charge in [0.05, 0.1) is 0 Å². The number of carbonyl (C=O) groups is 2. The molecule has 0 aromatic heterocycles. The molecule has 2 aromatic rings. The number of piperidine rings is 1. The highest BCUT2D eigenvalue weighted by molar-refractivity contribution is 6.39. The number of anilines is 3. The van der Waals surface area contributed by atoms with Crippen molar-refractivity contribution in [1.82, 2.24) is 4.90 Å². The molecule has 0 aliphatic carbocycles. The Labute approximate surface area is 178 Å². The van der Waals surface area contributed by atoms with E-state index < -0.39 is 11.8 Å². The predicted octanol–water partition coefficient (Wildman–Crippen LogP) is 3.27. The van der Waals surface area contributed by atoms with Gasteiger partial charge in [-0.2, -0.15) is 0 Å². The lowest BCUT2D eigenvalue weighted by Gasteiger charge is -2.35. The molecule has 2 aliphatic heterocycles. The summed E-state index contributed by atoms with van der Waals surface area (Å²) >= 11 is 0. The van der Waals surface area contributed by atoms with Gasteiger partial charge in [0.15, 0.2) is 0 Å².